The molecular weight excluding hydrogens is 494 g/mol. The maximum atomic E-state index is 6.28. The van der Waals surface area contributed by atoms with Crippen LogP contribution in [0.2, 0.25) is 0 Å². The molecule has 3 aliphatic rings. The van der Waals surface area contributed by atoms with E-state index in [1.54, 1.807) is 0 Å². The van der Waals surface area contributed by atoms with E-state index in [0.717, 1.165) is 73.6 Å². The van der Waals surface area contributed by atoms with E-state index in [1.165, 1.54) is 68.3 Å². The van der Waals surface area contributed by atoms with Gasteiger partial charge in [-0.2, -0.15) is 0 Å². The number of benzene rings is 2. The van der Waals surface area contributed by atoms with Gasteiger partial charge in [-0.3, -0.25) is 0 Å². The van der Waals surface area contributed by atoms with Gasteiger partial charge in [0.15, 0.2) is 5.76 Å². The van der Waals surface area contributed by atoms with Crippen LogP contribution in [0.15, 0.2) is 58.1 Å². The van der Waals surface area contributed by atoms with Gasteiger partial charge in [0.05, 0.1) is 25.1 Å². The lowest BCUT2D eigenvalue weighted by Crippen LogP contribution is -2.47. The summed E-state index contributed by atoms with van der Waals surface area (Å²) < 4.78 is 12.0. The van der Waals surface area contributed by atoms with Crippen LogP contribution >= 0.6 is 0 Å². The van der Waals surface area contributed by atoms with E-state index in [9.17, 15) is 0 Å². The first-order valence-corrected chi connectivity index (χ1v) is 15.7. The van der Waals surface area contributed by atoms with Crippen LogP contribution in [0, 0.1) is 17.8 Å². The highest BCUT2D eigenvalue weighted by Crippen LogP contribution is 2.40. The van der Waals surface area contributed by atoms with Crippen molar-refractivity contribution in [2.75, 3.05) is 26.3 Å². The molecule has 1 aliphatic carbocycles. The van der Waals surface area contributed by atoms with E-state index < -0.39 is 0 Å². The van der Waals surface area contributed by atoms with Gasteiger partial charge in [-0.05, 0) is 67.2 Å². The molecule has 2 fully saturated rings. The van der Waals surface area contributed by atoms with Gasteiger partial charge in [-0.25, -0.2) is 9.98 Å². The third-order valence-electron chi connectivity index (χ3n) is 9.13. The van der Waals surface area contributed by atoms with Gasteiger partial charge in [0.2, 0.25) is 5.89 Å². The minimum Gasteiger partial charge on any atom is -0.436 e. The maximum absolute atomic E-state index is 6.28. The van der Waals surface area contributed by atoms with Crippen molar-refractivity contribution in [1.29, 1.82) is 0 Å². The zero-order valence-electron chi connectivity index (χ0n) is 24.4. The van der Waals surface area contributed by atoms with Crippen molar-refractivity contribution >= 4 is 11.5 Å². The third kappa shape index (κ3) is 6.35. The molecular formula is C35H45N3O2. The van der Waals surface area contributed by atoms with Crippen molar-refractivity contribution in [2.24, 2.45) is 22.7 Å². The Morgan fingerprint density at radius 2 is 1.70 bits per heavy atom. The molecule has 2 aliphatic heterocycles. The Bertz CT molecular complexity index is 1280. The SMILES string of the molecule is CC(C)CCCCc1ccc(-c2cnc(-c3ccc4c(c3)N=C(N3CCOCC3)C(C3CCCCC3)C4)o2)cc1. The predicted octanol–water partition coefficient (Wildman–Crippen LogP) is 8.49. The Morgan fingerprint density at radius 3 is 2.48 bits per heavy atom. The number of oxazole rings is 1. The number of nitrogens with zero attached hydrogens (tertiary/aromatic N) is 3. The van der Waals surface area contributed by atoms with Crippen molar-refractivity contribution in [3.05, 3.63) is 59.8 Å². The van der Waals surface area contributed by atoms with Crippen LogP contribution in [-0.2, 0) is 17.6 Å². The molecule has 1 saturated carbocycles. The molecule has 3 aromatic rings. The number of rotatable bonds is 8. The number of amidine groups is 1. The number of aromatic nitrogens is 1. The molecule has 0 amide bonds. The summed E-state index contributed by atoms with van der Waals surface area (Å²) in [6.07, 6.45) is 14.7. The first-order valence-electron chi connectivity index (χ1n) is 15.7. The van der Waals surface area contributed by atoms with Crippen molar-refractivity contribution in [2.45, 2.75) is 78.1 Å². The zero-order valence-corrected chi connectivity index (χ0v) is 24.4. The first kappa shape index (κ1) is 27.3. The van der Waals surface area contributed by atoms with Crippen molar-refractivity contribution in [3.63, 3.8) is 0 Å². The number of unbranched alkanes of at least 4 members (excludes halogenated alkanes) is 1. The summed E-state index contributed by atoms with van der Waals surface area (Å²) >= 11 is 0. The molecule has 0 N–H and O–H groups in total. The highest BCUT2D eigenvalue weighted by molar-refractivity contribution is 5.90. The van der Waals surface area contributed by atoms with E-state index >= 15 is 0 Å². The summed E-state index contributed by atoms with van der Waals surface area (Å²) in [5, 5.41) is 0. The standard InChI is InChI=1S/C35H45N3O2/c1-25(2)8-6-7-9-26-12-14-28(15-13-26)33-24-36-35(40-33)30-17-16-29-22-31(27-10-4-3-5-11-27)34(37-32(29)23-30)38-18-20-39-21-19-38/h12-17,23-25,27,31H,3-11,18-22H2,1-2H3. The minimum absolute atomic E-state index is 0.517. The largest absolute Gasteiger partial charge is 0.436 e. The molecule has 5 heteroatoms. The Morgan fingerprint density at radius 1 is 0.925 bits per heavy atom. The van der Waals surface area contributed by atoms with Crippen LogP contribution in [-0.4, -0.2) is 42.0 Å². The number of ether oxygens (including phenoxy) is 1. The summed E-state index contributed by atoms with van der Waals surface area (Å²) in [5.74, 6) is 4.81. The molecule has 40 heavy (non-hydrogen) atoms. The monoisotopic (exact) mass is 539 g/mol. The van der Waals surface area contributed by atoms with Crippen LogP contribution in [0.3, 0.4) is 0 Å². The smallest absolute Gasteiger partial charge is 0.226 e. The lowest BCUT2D eigenvalue weighted by molar-refractivity contribution is 0.0642. The lowest BCUT2D eigenvalue weighted by Gasteiger charge is -2.40. The molecule has 0 spiro atoms. The highest BCUT2D eigenvalue weighted by Gasteiger charge is 2.34. The Hall–Kier alpha value is -2.92. The fourth-order valence-corrected chi connectivity index (χ4v) is 6.78. The molecule has 6 rings (SSSR count). The highest BCUT2D eigenvalue weighted by atomic mass is 16.5. The first-order chi connectivity index (χ1) is 19.6. The van der Waals surface area contributed by atoms with Gasteiger partial charge < -0.3 is 14.1 Å². The van der Waals surface area contributed by atoms with Gasteiger partial charge in [0.1, 0.15) is 5.84 Å². The van der Waals surface area contributed by atoms with E-state index in [0.29, 0.717) is 11.8 Å². The van der Waals surface area contributed by atoms with Crippen LogP contribution in [0.4, 0.5) is 5.69 Å². The van der Waals surface area contributed by atoms with E-state index in [1.807, 2.05) is 6.20 Å². The average Bonchev–Trinajstić information content (AvgIpc) is 3.50. The Labute approximate surface area is 240 Å². The van der Waals surface area contributed by atoms with Gasteiger partial charge >= 0.3 is 0 Å². The van der Waals surface area contributed by atoms with Gasteiger partial charge in [0, 0.05) is 30.1 Å². The van der Waals surface area contributed by atoms with Crippen LogP contribution in [0.1, 0.15) is 76.3 Å². The van der Waals surface area contributed by atoms with E-state index in [2.05, 4.69) is 66.2 Å². The van der Waals surface area contributed by atoms with Crippen molar-refractivity contribution in [3.8, 4) is 22.8 Å². The quantitative estimate of drug-likeness (QED) is 0.269. The van der Waals surface area contributed by atoms with Crippen LogP contribution < -0.4 is 0 Å². The molecule has 1 atom stereocenters. The maximum Gasteiger partial charge on any atom is 0.226 e. The Balaban J connectivity index is 1.19. The number of morpholine rings is 1. The lowest BCUT2D eigenvalue weighted by atomic mass is 9.75. The molecule has 1 saturated heterocycles. The molecule has 5 nitrogen and oxygen atoms in total. The number of fused-ring (bicyclic) bond motifs is 1. The second kappa shape index (κ2) is 12.7. The molecule has 3 heterocycles. The average molecular weight is 540 g/mol. The fourth-order valence-electron chi connectivity index (χ4n) is 6.78. The molecule has 2 aromatic carbocycles. The summed E-state index contributed by atoms with van der Waals surface area (Å²) in [4.78, 5) is 12.5. The molecule has 0 radical (unpaired) electrons. The van der Waals surface area contributed by atoms with E-state index in [-0.39, 0.29) is 0 Å². The number of aryl methyl sites for hydroxylation is 1. The van der Waals surface area contributed by atoms with Gasteiger partial charge in [-0.15, -0.1) is 0 Å². The number of hydrogen-bond donors (Lipinski definition) is 0. The van der Waals surface area contributed by atoms with Crippen molar-refractivity contribution < 1.29 is 9.15 Å². The zero-order chi connectivity index (χ0) is 27.3. The summed E-state index contributed by atoms with van der Waals surface area (Å²) in [5.41, 5.74) is 5.89. The molecule has 0 bridgehead atoms. The van der Waals surface area contributed by atoms with Crippen LogP contribution in [0.5, 0.6) is 0 Å². The van der Waals surface area contributed by atoms with Crippen molar-refractivity contribution in [1.82, 2.24) is 9.88 Å². The molecule has 1 aromatic heterocycles. The second-order valence-electron chi connectivity index (χ2n) is 12.5. The Kier molecular flexibility index (Phi) is 8.67. The predicted molar refractivity (Wildman–Crippen MR) is 163 cm³/mol. The second-order valence-corrected chi connectivity index (χ2v) is 12.5. The molecule has 212 valence electrons. The van der Waals surface area contributed by atoms with Crippen LogP contribution in [0.25, 0.3) is 22.8 Å². The summed E-state index contributed by atoms with van der Waals surface area (Å²) in [7, 11) is 0. The summed E-state index contributed by atoms with van der Waals surface area (Å²) in [6.45, 7) is 8.07. The number of hydrogen-bond acceptors (Lipinski definition) is 5. The minimum atomic E-state index is 0.517. The third-order valence-corrected chi connectivity index (χ3v) is 9.13. The topological polar surface area (TPSA) is 50.9 Å². The summed E-state index contributed by atoms with van der Waals surface area (Å²) in [6, 6.07) is 15.4. The van der Waals surface area contributed by atoms with Gasteiger partial charge in [-0.1, -0.05) is 76.3 Å². The number of aliphatic imine (C=N–C) groups is 1. The molecule has 1 unspecified atom stereocenters. The fraction of sp³-hybridized carbons (Fsp3) is 0.543. The normalized spacial score (nSPS) is 20.0. The van der Waals surface area contributed by atoms with Gasteiger partial charge in [0.25, 0.3) is 0 Å². The van der Waals surface area contributed by atoms with E-state index in [4.69, 9.17) is 14.1 Å².